The van der Waals surface area contributed by atoms with Gasteiger partial charge in [-0.25, -0.2) is 0 Å². The van der Waals surface area contributed by atoms with Crippen molar-refractivity contribution in [1.29, 1.82) is 0 Å². The van der Waals surface area contributed by atoms with E-state index in [1.165, 1.54) is 23.3 Å². The van der Waals surface area contributed by atoms with Crippen molar-refractivity contribution in [2.24, 2.45) is 0 Å². The molecule has 0 radical (unpaired) electrons. The van der Waals surface area contributed by atoms with E-state index in [1.54, 1.807) is 6.07 Å². The fourth-order valence-corrected chi connectivity index (χ4v) is 2.16. The Morgan fingerprint density at radius 2 is 2.16 bits per heavy atom. The minimum Gasteiger partial charge on any atom is -0.508 e. The largest absolute Gasteiger partial charge is 0.508 e. The van der Waals surface area contributed by atoms with Crippen LogP contribution in [0.5, 0.6) is 11.5 Å². The molecule has 0 saturated carbocycles. The Bertz CT molecular complexity index is 511. The highest BCUT2D eigenvalue weighted by molar-refractivity contribution is 5.42. The molecule has 2 N–H and O–H groups in total. The summed E-state index contributed by atoms with van der Waals surface area (Å²) in [6.07, 6.45) is 5.97. The molecule has 1 heterocycles. The van der Waals surface area contributed by atoms with Crippen LogP contribution in [0.3, 0.4) is 0 Å². The minimum atomic E-state index is -0.256. The maximum atomic E-state index is 9.80. The van der Waals surface area contributed by atoms with Crippen molar-refractivity contribution in [3.8, 4) is 11.5 Å². The molecule has 2 rings (SSSR count). The summed E-state index contributed by atoms with van der Waals surface area (Å²) in [7, 11) is 0. The molecule has 1 aromatic carbocycles. The normalized spacial score (nSPS) is 18.2. The number of phenolic OH excluding ortho intramolecular Hbond substituents is 2. The molecule has 0 aliphatic carbocycles. The van der Waals surface area contributed by atoms with Crippen LogP contribution in [0.15, 0.2) is 41.5 Å². The molecule has 3 heteroatoms. The van der Waals surface area contributed by atoms with Crippen LogP contribution in [0.25, 0.3) is 0 Å². The van der Waals surface area contributed by atoms with Gasteiger partial charge in [-0.2, -0.15) is 0 Å². The van der Waals surface area contributed by atoms with Crippen molar-refractivity contribution >= 4 is 0 Å². The molecule has 0 amide bonds. The molecule has 1 aromatic rings. The van der Waals surface area contributed by atoms with Gasteiger partial charge in [-0.15, -0.1) is 0 Å². The van der Waals surface area contributed by atoms with Crippen molar-refractivity contribution in [2.75, 3.05) is 6.61 Å². The molecule has 102 valence electrons. The number of hydrogen-bond acceptors (Lipinski definition) is 3. The summed E-state index contributed by atoms with van der Waals surface area (Å²) >= 11 is 0. The van der Waals surface area contributed by atoms with Gasteiger partial charge in [0.25, 0.3) is 0 Å². The van der Waals surface area contributed by atoms with E-state index in [2.05, 4.69) is 19.9 Å². The van der Waals surface area contributed by atoms with Crippen LogP contribution in [0.4, 0.5) is 0 Å². The van der Waals surface area contributed by atoms with Gasteiger partial charge in [0.2, 0.25) is 0 Å². The molecule has 1 aliphatic heterocycles. The third-order valence-electron chi connectivity index (χ3n) is 3.17. The van der Waals surface area contributed by atoms with Crippen LogP contribution < -0.4 is 0 Å². The SMILES string of the molecule is CC(C)=CCCC1=C[C@@H](c2cc(O)ccc2O)OC1. The lowest BCUT2D eigenvalue weighted by molar-refractivity contribution is 0.123. The molecule has 3 nitrogen and oxygen atoms in total. The molecular weight excluding hydrogens is 240 g/mol. The van der Waals surface area contributed by atoms with E-state index in [4.69, 9.17) is 4.74 Å². The van der Waals surface area contributed by atoms with Gasteiger partial charge in [-0.3, -0.25) is 0 Å². The summed E-state index contributed by atoms with van der Waals surface area (Å²) in [4.78, 5) is 0. The molecule has 0 fully saturated rings. The van der Waals surface area contributed by atoms with Gasteiger partial charge < -0.3 is 14.9 Å². The first-order chi connectivity index (χ1) is 9.06. The number of rotatable bonds is 4. The summed E-state index contributed by atoms with van der Waals surface area (Å²) in [5, 5.41) is 19.3. The number of ether oxygens (including phenoxy) is 1. The lowest BCUT2D eigenvalue weighted by Crippen LogP contribution is -1.96. The smallest absolute Gasteiger partial charge is 0.121 e. The lowest BCUT2D eigenvalue weighted by atomic mass is 10.0. The molecule has 0 unspecified atom stereocenters. The number of hydrogen-bond donors (Lipinski definition) is 2. The third-order valence-corrected chi connectivity index (χ3v) is 3.17. The fraction of sp³-hybridized carbons (Fsp3) is 0.375. The first-order valence-corrected chi connectivity index (χ1v) is 6.52. The molecule has 1 atom stereocenters. The number of benzene rings is 1. The zero-order chi connectivity index (χ0) is 13.8. The Labute approximate surface area is 113 Å². The Balaban J connectivity index is 2.05. The monoisotopic (exact) mass is 260 g/mol. The maximum absolute atomic E-state index is 9.80. The van der Waals surface area contributed by atoms with Crippen molar-refractivity contribution in [2.45, 2.75) is 32.8 Å². The van der Waals surface area contributed by atoms with E-state index in [1.807, 2.05) is 6.08 Å². The summed E-state index contributed by atoms with van der Waals surface area (Å²) < 4.78 is 5.66. The van der Waals surface area contributed by atoms with Gasteiger partial charge >= 0.3 is 0 Å². The summed E-state index contributed by atoms with van der Waals surface area (Å²) in [5.41, 5.74) is 3.18. The molecule has 19 heavy (non-hydrogen) atoms. The van der Waals surface area contributed by atoms with Crippen LogP contribution in [-0.4, -0.2) is 16.8 Å². The van der Waals surface area contributed by atoms with E-state index in [-0.39, 0.29) is 17.6 Å². The number of allylic oxidation sites excluding steroid dienone is 2. The Morgan fingerprint density at radius 1 is 1.37 bits per heavy atom. The molecule has 1 aliphatic rings. The second kappa shape index (κ2) is 5.93. The van der Waals surface area contributed by atoms with Crippen molar-refractivity contribution in [1.82, 2.24) is 0 Å². The Kier molecular flexibility index (Phi) is 4.27. The summed E-state index contributed by atoms with van der Waals surface area (Å²) in [6, 6.07) is 4.51. The highest BCUT2D eigenvalue weighted by Crippen LogP contribution is 2.35. The van der Waals surface area contributed by atoms with Gasteiger partial charge in [-0.1, -0.05) is 11.6 Å². The van der Waals surface area contributed by atoms with Gasteiger partial charge in [0.1, 0.15) is 17.6 Å². The molecule has 0 aromatic heterocycles. The van der Waals surface area contributed by atoms with Crippen LogP contribution >= 0.6 is 0 Å². The van der Waals surface area contributed by atoms with Gasteiger partial charge in [0, 0.05) is 5.56 Å². The molecule has 0 spiro atoms. The average Bonchev–Trinajstić information content (AvgIpc) is 2.80. The second-order valence-corrected chi connectivity index (χ2v) is 5.12. The predicted octanol–water partition coefficient (Wildman–Crippen LogP) is 3.84. The van der Waals surface area contributed by atoms with E-state index in [0.29, 0.717) is 12.2 Å². The molecule has 0 bridgehead atoms. The van der Waals surface area contributed by atoms with Crippen LogP contribution in [0.1, 0.15) is 38.4 Å². The topological polar surface area (TPSA) is 49.7 Å². The highest BCUT2D eigenvalue weighted by Gasteiger charge is 2.20. The second-order valence-electron chi connectivity index (χ2n) is 5.12. The summed E-state index contributed by atoms with van der Waals surface area (Å²) in [5.74, 6) is 0.299. The van der Waals surface area contributed by atoms with Crippen LogP contribution in [-0.2, 0) is 4.74 Å². The highest BCUT2D eigenvalue weighted by atomic mass is 16.5. The Morgan fingerprint density at radius 3 is 2.89 bits per heavy atom. The van der Waals surface area contributed by atoms with Crippen molar-refractivity contribution in [3.63, 3.8) is 0 Å². The lowest BCUT2D eigenvalue weighted by Gasteiger charge is -2.10. The average molecular weight is 260 g/mol. The van der Waals surface area contributed by atoms with E-state index in [9.17, 15) is 10.2 Å². The first-order valence-electron chi connectivity index (χ1n) is 6.52. The van der Waals surface area contributed by atoms with Crippen molar-refractivity contribution < 1.29 is 14.9 Å². The predicted molar refractivity (Wildman–Crippen MR) is 75.2 cm³/mol. The van der Waals surface area contributed by atoms with E-state index < -0.39 is 0 Å². The van der Waals surface area contributed by atoms with Gasteiger partial charge in [0.05, 0.1) is 6.61 Å². The number of phenols is 2. The fourth-order valence-electron chi connectivity index (χ4n) is 2.16. The van der Waals surface area contributed by atoms with Gasteiger partial charge in [-0.05, 0) is 56.5 Å². The summed E-state index contributed by atoms with van der Waals surface area (Å²) in [6.45, 7) is 4.77. The third kappa shape index (κ3) is 3.61. The zero-order valence-electron chi connectivity index (χ0n) is 11.4. The maximum Gasteiger partial charge on any atom is 0.121 e. The first kappa shape index (κ1) is 13.7. The molecule has 0 saturated heterocycles. The zero-order valence-corrected chi connectivity index (χ0v) is 11.4. The Hall–Kier alpha value is -1.74. The van der Waals surface area contributed by atoms with Crippen molar-refractivity contribution in [3.05, 3.63) is 47.1 Å². The van der Waals surface area contributed by atoms with Gasteiger partial charge in [0.15, 0.2) is 0 Å². The van der Waals surface area contributed by atoms with E-state index in [0.717, 1.165) is 12.8 Å². The standard InChI is InChI=1S/C16H20O3/c1-11(2)4-3-5-12-8-16(19-10-12)14-9-13(17)6-7-15(14)18/h4,6-9,16-18H,3,5,10H2,1-2H3/t16-/m0/s1. The van der Waals surface area contributed by atoms with E-state index >= 15 is 0 Å². The quantitative estimate of drug-likeness (QED) is 0.638. The van der Waals surface area contributed by atoms with Crippen LogP contribution in [0, 0.1) is 0 Å². The minimum absolute atomic E-state index is 0.141. The number of aromatic hydroxyl groups is 2. The van der Waals surface area contributed by atoms with Crippen LogP contribution in [0.2, 0.25) is 0 Å². The molecular formula is C16H20O3.